The van der Waals surface area contributed by atoms with Crippen LogP contribution in [0.5, 0.6) is 0 Å². The van der Waals surface area contributed by atoms with Gasteiger partial charge in [-0.1, -0.05) is 24.3 Å². The summed E-state index contributed by atoms with van der Waals surface area (Å²) in [7, 11) is 0. The summed E-state index contributed by atoms with van der Waals surface area (Å²) in [4.78, 5) is 5.49. The van der Waals surface area contributed by atoms with Gasteiger partial charge in [-0.2, -0.15) is 13.2 Å². The van der Waals surface area contributed by atoms with E-state index < -0.39 is 18.8 Å². The van der Waals surface area contributed by atoms with E-state index in [9.17, 15) is 18.3 Å². The highest BCUT2D eigenvalue weighted by Gasteiger charge is 2.42. The van der Waals surface area contributed by atoms with Crippen molar-refractivity contribution in [1.29, 1.82) is 0 Å². The van der Waals surface area contributed by atoms with Crippen molar-refractivity contribution in [2.24, 2.45) is 5.92 Å². The molecule has 0 spiro atoms. The Kier molecular flexibility index (Phi) is 3.65. The lowest BCUT2D eigenvalue weighted by Crippen LogP contribution is -2.49. The van der Waals surface area contributed by atoms with E-state index in [4.69, 9.17) is 0 Å². The maximum absolute atomic E-state index is 12.6. The molecule has 1 aromatic heterocycles. The van der Waals surface area contributed by atoms with Crippen LogP contribution in [0, 0.1) is 5.92 Å². The largest absolute Gasteiger partial charge is 0.401 e. The number of likely N-dealkylation sites (tertiary alicyclic amines) is 1. The minimum atomic E-state index is -4.23. The molecule has 0 radical (unpaired) electrons. The van der Waals surface area contributed by atoms with Gasteiger partial charge in [0.25, 0.3) is 0 Å². The minimum absolute atomic E-state index is 0.0485. The average molecular weight is 337 g/mol. The smallest absolute Gasteiger partial charge is 0.391 e. The number of aromatic nitrogens is 2. The van der Waals surface area contributed by atoms with Crippen molar-refractivity contribution in [2.75, 3.05) is 19.6 Å². The predicted octanol–water partition coefficient (Wildman–Crippen LogP) is 2.70. The van der Waals surface area contributed by atoms with Gasteiger partial charge in [0.2, 0.25) is 0 Å². The zero-order valence-electron chi connectivity index (χ0n) is 12.9. The zero-order valence-corrected chi connectivity index (χ0v) is 12.9. The molecule has 3 heterocycles. The van der Waals surface area contributed by atoms with Crippen LogP contribution < -0.4 is 0 Å². The highest BCUT2D eigenvalue weighted by atomic mass is 19.4. The Hall–Kier alpha value is -1.86. The lowest BCUT2D eigenvalue weighted by Gasteiger charge is -2.39. The Morgan fingerprint density at radius 3 is 2.79 bits per heavy atom. The fourth-order valence-corrected chi connectivity index (χ4v) is 4.09. The highest BCUT2D eigenvalue weighted by molar-refractivity contribution is 5.69. The standard InChI is InChI=1S/C17H18F3N3O/c18-17(19,20)9-22-6-5-13(15(24)8-22)16-12-4-2-1-3-11(12)14-7-21-10-23(14)16/h1-4,7,10,13,15-16,24H,5-6,8-9H2/t13-,15-,16?/m1/s1. The molecule has 2 aliphatic rings. The fourth-order valence-electron chi connectivity index (χ4n) is 4.09. The molecule has 0 amide bonds. The molecule has 1 aromatic carbocycles. The molecule has 7 heteroatoms. The van der Waals surface area contributed by atoms with Gasteiger partial charge in [-0.05, 0) is 18.5 Å². The van der Waals surface area contributed by atoms with Crippen molar-refractivity contribution in [1.82, 2.24) is 14.5 Å². The first kappa shape index (κ1) is 15.7. The molecule has 4 rings (SSSR count). The second kappa shape index (κ2) is 5.60. The van der Waals surface area contributed by atoms with E-state index in [0.717, 1.165) is 16.8 Å². The number of fused-ring (bicyclic) bond motifs is 3. The first-order valence-electron chi connectivity index (χ1n) is 8.02. The van der Waals surface area contributed by atoms with E-state index in [1.54, 1.807) is 12.5 Å². The highest BCUT2D eigenvalue weighted by Crippen LogP contribution is 2.45. The maximum atomic E-state index is 12.6. The van der Waals surface area contributed by atoms with Crippen molar-refractivity contribution >= 4 is 0 Å². The zero-order chi connectivity index (χ0) is 16.9. The van der Waals surface area contributed by atoms with Crippen molar-refractivity contribution in [3.63, 3.8) is 0 Å². The van der Waals surface area contributed by atoms with Crippen LogP contribution in [0.25, 0.3) is 11.3 Å². The average Bonchev–Trinajstić information content (AvgIpc) is 3.07. The van der Waals surface area contributed by atoms with Crippen LogP contribution in [0.3, 0.4) is 0 Å². The third kappa shape index (κ3) is 2.61. The number of alkyl halides is 3. The van der Waals surface area contributed by atoms with E-state index in [-0.39, 0.29) is 18.5 Å². The van der Waals surface area contributed by atoms with Gasteiger partial charge in [-0.25, -0.2) is 4.98 Å². The van der Waals surface area contributed by atoms with E-state index in [0.29, 0.717) is 13.0 Å². The molecular weight excluding hydrogens is 319 g/mol. The van der Waals surface area contributed by atoms with Gasteiger partial charge in [0.05, 0.1) is 36.9 Å². The minimum Gasteiger partial charge on any atom is -0.391 e. The van der Waals surface area contributed by atoms with Gasteiger partial charge < -0.3 is 9.67 Å². The predicted molar refractivity (Wildman–Crippen MR) is 82.4 cm³/mol. The van der Waals surface area contributed by atoms with E-state index >= 15 is 0 Å². The van der Waals surface area contributed by atoms with Crippen LogP contribution in [0.1, 0.15) is 18.0 Å². The number of piperidine rings is 1. The lowest BCUT2D eigenvalue weighted by atomic mass is 9.83. The Labute approximate surface area is 137 Å². The number of imidazole rings is 1. The first-order chi connectivity index (χ1) is 11.4. The molecule has 2 aromatic rings. The molecule has 1 unspecified atom stereocenters. The topological polar surface area (TPSA) is 41.3 Å². The van der Waals surface area contributed by atoms with E-state index in [1.165, 1.54) is 4.90 Å². The Balaban J connectivity index is 1.59. The van der Waals surface area contributed by atoms with Crippen molar-refractivity contribution in [3.05, 3.63) is 42.4 Å². The van der Waals surface area contributed by atoms with Crippen LogP contribution in [0.4, 0.5) is 13.2 Å². The number of hydrogen-bond acceptors (Lipinski definition) is 3. The van der Waals surface area contributed by atoms with Crippen LogP contribution in [-0.2, 0) is 0 Å². The third-order valence-corrected chi connectivity index (χ3v) is 5.05. The van der Waals surface area contributed by atoms with Crippen molar-refractivity contribution < 1.29 is 18.3 Å². The SMILES string of the molecule is O[C@@H]1CN(CC(F)(F)F)CC[C@H]1C1c2ccccc2-c2cncn21. The molecule has 128 valence electrons. The first-order valence-corrected chi connectivity index (χ1v) is 8.02. The van der Waals surface area contributed by atoms with Gasteiger partial charge in [0.1, 0.15) is 0 Å². The van der Waals surface area contributed by atoms with Gasteiger partial charge in [0.15, 0.2) is 0 Å². The monoisotopic (exact) mass is 337 g/mol. The summed E-state index contributed by atoms with van der Waals surface area (Å²) < 4.78 is 39.8. The number of halogens is 3. The van der Waals surface area contributed by atoms with Gasteiger partial charge >= 0.3 is 6.18 Å². The summed E-state index contributed by atoms with van der Waals surface area (Å²) in [5, 5.41) is 10.5. The van der Waals surface area contributed by atoms with Crippen LogP contribution in [-0.4, -0.2) is 51.5 Å². The van der Waals surface area contributed by atoms with Gasteiger partial charge in [0, 0.05) is 18.0 Å². The molecule has 0 saturated carbocycles. The Morgan fingerprint density at radius 1 is 1.25 bits per heavy atom. The quantitative estimate of drug-likeness (QED) is 0.916. The van der Waals surface area contributed by atoms with Crippen LogP contribution >= 0.6 is 0 Å². The number of benzene rings is 1. The molecule has 0 bridgehead atoms. The summed E-state index contributed by atoms with van der Waals surface area (Å²) in [5.74, 6) is -0.119. The number of nitrogens with zero attached hydrogens (tertiary/aromatic N) is 3. The van der Waals surface area contributed by atoms with Crippen molar-refractivity contribution in [3.8, 4) is 11.3 Å². The molecule has 1 N–H and O–H groups in total. The maximum Gasteiger partial charge on any atom is 0.401 e. The second-order valence-electron chi connectivity index (χ2n) is 6.59. The number of rotatable bonds is 2. The summed E-state index contributed by atoms with van der Waals surface area (Å²) in [6.07, 6.45) is -0.969. The van der Waals surface area contributed by atoms with E-state index in [1.807, 2.05) is 28.8 Å². The number of aliphatic hydroxyl groups excluding tert-OH is 1. The summed E-state index contributed by atoms with van der Waals surface area (Å²) in [6, 6.07) is 7.90. The number of aliphatic hydroxyl groups is 1. The van der Waals surface area contributed by atoms with Crippen LogP contribution in [0.15, 0.2) is 36.8 Å². The molecule has 3 atom stereocenters. The summed E-state index contributed by atoms with van der Waals surface area (Å²) in [6.45, 7) is -0.578. The fraction of sp³-hybridized carbons (Fsp3) is 0.471. The molecular formula is C17H18F3N3O. The molecule has 2 aliphatic heterocycles. The van der Waals surface area contributed by atoms with Gasteiger partial charge in [-0.15, -0.1) is 0 Å². The summed E-state index contributed by atoms with van der Waals surface area (Å²) >= 11 is 0. The number of β-amino-alcohol motifs (C(OH)–C–C–N with tert-alkyl or cyclic N) is 1. The molecule has 1 fully saturated rings. The normalized spacial score (nSPS) is 27.1. The Bertz CT molecular complexity index is 743. The lowest BCUT2D eigenvalue weighted by molar-refractivity contribution is -0.154. The number of hydrogen-bond donors (Lipinski definition) is 1. The molecule has 1 saturated heterocycles. The molecule has 4 nitrogen and oxygen atoms in total. The Morgan fingerprint density at radius 2 is 2.04 bits per heavy atom. The van der Waals surface area contributed by atoms with Crippen molar-refractivity contribution in [2.45, 2.75) is 24.7 Å². The van der Waals surface area contributed by atoms with Gasteiger partial charge in [-0.3, -0.25) is 4.90 Å². The second-order valence-corrected chi connectivity index (χ2v) is 6.59. The van der Waals surface area contributed by atoms with E-state index in [2.05, 4.69) is 4.98 Å². The third-order valence-electron chi connectivity index (χ3n) is 5.05. The molecule has 0 aliphatic carbocycles. The van der Waals surface area contributed by atoms with Crippen LogP contribution in [0.2, 0.25) is 0 Å². The summed E-state index contributed by atoms with van der Waals surface area (Å²) in [5.41, 5.74) is 3.20. The molecule has 24 heavy (non-hydrogen) atoms.